The Kier molecular flexibility index (Phi) is 3.33. The first-order valence-corrected chi connectivity index (χ1v) is 5.29. The summed E-state index contributed by atoms with van der Waals surface area (Å²) in [7, 11) is 0. The van der Waals surface area contributed by atoms with Crippen molar-refractivity contribution in [2.75, 3.05) is 0 Å². The van der Waals surface area contributed by atoms with E-state index in [9.17, 15) is 13.2 Å². The fraction of sp³-hybridized carbons (Fsp3) is 0. The summed E-state index contributed by atoms with van der Waals surface area (Å²) < 4.78 is 44.2. The van der Waals surface area contributed by atoms with Crippen LogP contribution in [-0.4, -0.2) is 4.98 Å². The molecule has 0 aliphatic carbocycles. The molecule has 0 saturated heterocycles. The monoisotopic (exact) mass is 303 g/mol. The fourth-order valence-corrected chi connectivity index (χ4v) is 1.38. The van der Waals surface area contributed by atoms with E-state index >= 15 is 0 Å². The van der Waals surface area contributed by atoms with Gasteiger partial charge in [-0.1, -0.05) is 0 Å². The molecule has 0 fully saturated rings. The molecule has 0 atom stereocenters. The Balaban J connectivity index is 2.28. The van der Waals surface area contributed by atoms with Gasteiger partial charge in [-0.3, -0.25) is 0 Å². The second-order valence-corrected chi connectivity index (χ2v) is 3.97. The predicted octanol–water partition coefficient (Wildman–Crippen LogP) is 4.05. The summed E-state index contributed by atoms with van der Waals surface area (Å²) >= 11 is 2.97. The predicted molar refractivity (Wildman–Crippen MR) is 58.3 cm³/mol. The van der Waals surface area contributed by atoms with Crippen molar-refractivity contribution in [3.63, 3.8) is 0 Å². The summed E-state index contributed by atoms with van der Waals surface area (Å²) in [5.41, 5.74) is 0. The highest BCUT2D eigenvalue weighted by Crippen LogP contribution is 2.26. The van der Waals surface area contributed by atoms with Crippen LogP contribution in [0.3, 0.4) is 0 Å². The fourth-order valence-electron chi connectivity index (χ4n) is 1.13. The van der Waals surface area contributed by atoms with Gasteiger partial charge in [0.25, 0.3) is 5.88 Å². The van der Waals surface area contributed by atoms with Crippen LogP contribution in [0, 0.1) is 17.5 Å². The van der Waals surface area contributed by atoms with Crippen molar-refractivity contribution in [2.24, 2.45) is 0 Å². The Bertz CT molecular complexity index is 562. The van der Waals surface area contributed by atoms with E-state index in [0.717, 1.165) is 12.3 Å². The minimum absolute atomic E-state index is 0.0729. The molecule has 0 aliphatic heterocycles. The topological polar surface area (TPSA) is 22.1 Å². The normalized spacial score (nSPS) is 10.4. The molecule has 0 amide bonds. The van der Waals surface area contributed by atoms with Gasteiger partial charge in [0.15, 0.2) is 5.82 Å². The average Bonchev–Trinajstić information content (AvgIpc) is 2.27. The van der Waals surface area contributed by atoms with Crippen molar-refractivity contribution in [1.29, 1.82) is 0 Å². The van der Waals surface area contributed by atoms with E-state index in [1.165, 1.54) is 12.1 Å². The minimum Gasteiger partial charge on any atom is -0.436 e. The number of halogens is 4. The number of nitrogens with zero attached hydrogens (tertiary/aromatic N) is 1. The molecule has 0 radical (unpaired) electrons. The van der Waals surface area contributed by atoms with Gasteiger partial charge >= 0.3 is 0 Å². The lowest BCUT2D eigenvalue weighted by atomic mass is 10.3. The van der Waals surface area contributed by atoms with Gasteiger partial charge in [-0.2, -0.15) is 0 Å². The molecule has 1 heterocycles. The molecule has 6 heteroatoms. The largest absolute Gasteiger partial charge is 0.436 e. The SMILES string of the molecule is Fc1cnc(Oc2ccc(Br)c(F)c2)c(F)c1. The number of ether oxygens (including phenoxy) is 1. The molecule has 0 unspecified atom stereocenters. The summed E-state index contributed by atoms with van der Waals surface area (Å²) in [6.07, 6.45) is 0.813. The molecular weight excluding hydrogens is 299 g/mol. The Labute approximate surface area is 103 Å². The Morgan fingerprint density at radius 3 is 2.47 bits per heavy atom. The maximum absolute atomic E-state index is 13.2. The molecule has 2 rings (SSSR count). The number of aromatic nitrogens is 1. The summed E-state index contributed by atoms with van der Waals surface area (Å²) in [5, 5.41) is 0. The smallest absolute Gasteiger partial charge is 0.256 e. The van der Waals surface area contributed by atoms with Gasteiger partial charge in [0.1, 0.15) is 17.4 Å². The third kappa shape index (κ3) is 2.76. The van der Waals surface area contributed by atoms with E-state index in [2.05, 4.69) is 20.9 Å². The summed E-state index contributed by atoms with van der Waals surface area (Å²) in [6.45, 7) is 0. The summed E-state index contributed by atoms with van der Waals surface area (Å²) in [6, 6.07) is 4.54. The molecule has 0 saturated carbocycles. The van der Waals surface area contributed by atoms with Crippen molar-refractivity contribution >= 4 is 15.9 Å². The van der Waals surface area contributed by atoms with Crippen LogP contribution in [0.1, 0.15) is 0 Å². The number of pyridine rings is 1. The average molecular weight is 304 g/mol. The van der Waals surface area contributed by atoms with Crippen LogP contribution in [0.4, 0.5) is 13.2 Å². The molecule has 2 nitrogen and oxygen atoms in total. The van der Waals surface area contributed by atoms with Crippen LogP contribution >= 0.6 is 15.9 Å². The highest BCUT2D eigenvalue weighted by Gasteiger charge is 2.09. The van der Waals surface area contributed by atoms with Gasteiger partial charge in [-0.25, -0.2) is 18.2 Å². The van der Waals surface area contributed by atoms with Crippen molar-refractivity contribution in [2.45, 2.75) is 0 Å². The van der Waals surface area contributed by atoms with Gasteiger partial charge in [0.2, 0.25) is 0 Å². The van der Waals surface area contributed by atoms with Gasteiger partial charge in [-0.05, 0) is 28.1 Å². The zero-order valence-electron chi connectivity index (χ0n) is 8.25. The van der Waals surface area contributed by atoms with E-state index < -0.39 is 23.3 Å². The van der Waals surface area contributed by atoms with Gasteiger partial charge in [0.05, 0.1) is 10.7 Å². The van der Waals surface area contributed by atoms with Crippen molar-refractivity contribution in [1.82, 2.24) is 4.98 Å². The molecular formula is C11H5BrF3NO. The van der Waals surface area contributed by atoms with E-state index in [4.69, 9.17) is 4.74 Å². The number of rotatable bonds is 2. The number of hydrogen-bond acceptors (Lipinski definition) is 2. The molecule has 1 aromatic carbocycles. The van der Waals surface area contributed by atoms with Crippen molar-refractivity contribution in [3.8, 4) is 11.6 Å². The molecule has 2 aromatic rings. The minimum atomic E-state index is -0.951. The van der Waals surface area contributed by atoms with Crippen LogP contribution in [0.15, 0.2) is 34.9 Å². The van der Waals surface area contributed by atoms with Gasteiger partial charge in [0, 0.05) is 12.1 Å². The lowest BCUT2D eigenvalue weighted by Crippen LogP contribution is -1.93. The second-order valence-electron chi connectivity index (χ2n) is 3.12. The zero-order chi connectivity index (χ0) is 12.4. The first-order chi connectivity index (χ1) is 8.06. The maximum atomic E-state index is 13.2. The van der Waals surface area contributed by atoms with Crippen LogP contribution < -0.4 is 4.74 Å². The molecule has 1 aromatic heterocycles. The van der Waals surface area contributed by atoms with E-state index in [1.807, 2.05) is 0 Å². The molecule has 0 N–H and O–H groups in total. The standard InChI is InChI=1S/C11H5BrF3NO/c12-8-2-1-7(4-9(8)14)17-11-10(15)3-6(13)5-16-11/h1-5H. The zero-order valence-corrected chi connectivity index (χ0v) is 9.84. The van der Waals surface area contributed by atoms with Crippen molar-refractivity contribution < 1.29 is 17.9 Å². The molecule has 17 heavy (non-hydrogen) atoms. The van der Waals surface area contributed by atoms with Gasteiger partial charge in [-0.15, -0.1) is 0 Å². The number of hydrogen-bond donors (Lipinski definition) is 0. The van der Waals surface area contributed by atoms with Crippen molar-refractivity contribution in [3.05, 3.63) is 52.4 Å². The maximum Gasteiger partial charge on any atom is 0.256 e. The summed E-state index contributed by atoms with van der Waals surface area (Å²) in [5.74, 6) is -2.65. The second kappa shape index (κ2) is 4.75. The van der Waals surface area contributed by atoms with Crippen LogP contribution in [0.2, 0.25) is 0 Å². The Hall–Kier alpha value is -1.56. The highest BCUT2D eigenvalue weighted by atomic mass is 79.9. The van der Waals surface area contributed by atoms with E-state index in [-0.39, 0.29) is 10.2 Å². The third-order valence-corrected chi connectivity index (χ3v) is 2.52. The highest BCUT2D eigenvalue weighted by molar-refractivity contribution is 9.10. The first-order valence-electron chi connectivity index (χ1n) is 4.50. The summed E-state index contributed by atoms with van der Waals surface area (Å²) in [4.78, 5) is 3.42. The lowest BCUT2D eigenvalue weighted by molar-refractivity contribution is 0.414. The van der Waals surface area contributed by atoms with Crippen LogP contribution in [-0.2, 0) is 0 Å². The quantitative estimate of drug-likeness (QED) is 0.835. The van der Waals surface area contributed by atoms with Gasteiger partial charge < -0.3 is 4.74 Å². The number of benzene rings is 1. The van der Waals surface area contributed by atoms with Crippen LogP contribution in [0.25, 0.3) is 0 Å². The lowest BCUT2D eigenvalue weighted by Gasteiger charge is -2.05. The molecule has 0 aliphatic rings. The first kappa shape index (κ1) is 11.9. The molecule has 0 spiro atoms. The van der Waals surface area contributed by atoms with E-state index in [1.54, 1.807) is 0 Å². The molecule has 88 valence electrons. The van der Waals surface area contributed by atoms with E-state index in [0.29, 0.717) is 6.07 Å². The third-order valence-electron chi connectivity index (χ3n) is 1.88. The molecule has 0 bridgehead atoms. The Morgan fingerprint density at radius 2 is 1.82 bits per heavy atom. The Morgan fingerprint density at radius 1 is 1.06 bits per heavy atom. The van der Waals surface area contributed by atoms with Crippen LogP contribution in [0.5, 0.6) is 11.6 Å².